The van der Waals surface area contributed by atoms with Crippen LogP contribution in [0.4, 0.5) is 0 Å². The molecule has 1 aromatic heterocycles. The number of carbonyl (C=O) groups is 2. The summed E-state index contributed by atoms with van der Waals surface area (Å²) in [5, 5.41) is 6.87. The van der Waals surface area contributed by atoms with E-state index in [1.54, 1.807) is 30.3 Å². The Labute approximate surface area is 175 Å². The number of amides is 1. The van der Waals surface area contributed by atoms with Crippen LogP contribution in [0.2, 0.25) is 0 Å². The van der Waals surface area contributed by atoms with Gasteiger partial charge in [-0.1, -0.05) is 58.4 Å². The fraction of sp³-hybridized carbons (Fsp3) is 0.143. The second kappa shape index (κ2) is 9.29. The number of aromatic nitrogens is 2. The van der Waals surface area contributed by atoms with Gasteiger partial charge in [0, 0.05) is 16.1 Å². The molecular weight excluding hydrogens is 438 g/mol. The van der Waals surface area contributed by atoms with E-state index in [0.29, 0.717) is 11.3 Å². The van der Waals surface area contributed by atoms with Crippen LogP contribution in [0.15, 0.2) is 76.0 Å². The second-order valence-corrected chi connectivity index (χ2v) is 7.07. The lowest BCUT2D eigenvalue weighted by molar-refractivity contribution is -0.145. The highest BCUT2D eigenvalue weighted by Gasteiger charge is 2.24. The van der Waals surface area contributed by atoms with Gasteiger partial charge in [0.25, 0.3) is 5.56 Å². The van der Waals surface area contributed by atoms with Gasteiger partial charge in [-0.05, 0) is 23.8 Å². The highest BCUT2D eigenvalue weighted by molar-refractivity contribution is 9.10. The largest absolute Gasteiger partial charge is 0.467 e. The van der Waals surface area contributed by atoms with E-state index in [1.807, 2.05) is 30.3 Å². The third kappa shape index (κ3) is 5.17. The first-order valence-corrected chi connectivity index (χ1v) is 9.53. The Morgan fingerprint density at radius 3 is 2.41 bits per heavy atom. The van der Waals surface area contributed by atoms with E-state index in [0.717, 1.165) is 14.7 Å². The van der Waals surface area contributed by atoms with Crippen molar-refractivity contribution in [2.24, 2.45) is 0 Å². The maximum Gasteiger partial charge on any atom is 0.333 e. The number of carbonyl (C=O) groups excluding carboxylic acids is 2. The molecule has 1 atom stereocenters. The molecule has 0 radical (unpaired) electrons. The maximum absolute atomic E-state index is 12.6. The number of methoxy groups -OCH3 is 1. The minimum absolute atomic E-state index is 0.330. The summed E-state index contributed by atoms with van der Waals surface area (Å²) in [4.78, 5) is 36.9. The van der Waals surface area contributed by atoms with Crippen molar-refractivity contribution < 1.29 is 14.3 Å². The number of ether oxygens (including phenoxy) is 1. The zero-order valence-electron chi connectivity index (χ0n) is 15.5. The average Bonchev–Trinajstić information content (AvgIpc) is 2.74. The number of rotatable bonds is 6. The number of hydrogen-bond donors (Lipinski definition) is 1. The van der Waals surface area contributed by atoms with E-state index < -0.39 is 23.5 Å². The zero-order valence-corrected chi connectivity index (χ0v) is 17.1. The van der Waals surface area contributed by atoms with Crippen LogP contribution in [-0.2, 0) is 20.9 Å². The summed E-state index contributed by atoms with van der Waals surface area (Å²) >= 11 is 3.33. The van der Waals surface area contributed by atoms with Crippen LogP contribution >= 0.6 is 15.9 Å². The highest BCUT2D eigenvalue weighted by atomic mass is 79.9. The minimum Gasteiger partial charge on any atom is -0.467 e. The number of benzene rings is 2. The lowest BCUT2D eigenvalue weighted by Crippen LogP contribution is -2.39. The van der Waals surface area contributed by atoms with Crippen molar-refractivity contribution in [1.29, 1.82) is 0 Å². The molecule has 1 unspecified atom stereocenters. The normalized spacial score (nSPS) is 11.5. The second-order valence-electron chi connectivity index (χ2n) is 6.16. The van der Waals surface area contributed by atoms with E-state index >= 15 is 0 Å². The quantitative estimate of drug-likeness (QED) is 0.577. The van der Waals surface area contributed by atoms with Crippen molar-refractivity contribution in [3.8, 4) is 11.3 Å². The Morgan fingerprint density at radius 1 is 1.07 bits per heavy atom. The lowest BCUT2D eigenvalue weighted by atomic mass is 10.1. The molecule has 3 aromatic rings. The molecule has 0 aliphatic heterocycles. The summed E-state index contributed by atoms with van der Waals surface area (Å²) in [7, 11) is 1.25. The standard InChI is InChI=1S/C21H18BrN3O4/c1-29-21(28)20(15-7-9-16(22)10-8-15)23-18(26)13-25-19(27)12-11-17(24-25)14-5-3-2-4-6-14/h2-12,20H,13H2,1H3,(H,23,26). The van der Waals surface area contributed by atoms with Gasteiger partial charge in [-0.15, -0.1) is 0 Å². The Bertz CT molecular complexity index is 1070. The highest BCUT2D eigenvalue weighted by Crippen LogP contribution is 2.18. The summed E-state index contributed by atoms with van der Waals surface area (Å²) in [5.41, 5.74) is 1.53. The summed E-state index contributed by atoms with van der Waals surface area (Å²) in [5.74, 6) is -1.15. The van der Waals surface area contributed by atoms with Gasteiger partial charge < -0.3 is 10.1 Å². The van der Waals surface area contributed by atoms with Crippen LogP contribution in [0.5, 0.6) is 0 Å². The monoisotopic (exact) mass is 455 g/mol. The SMILES string of the molecule is COC(=O)C(NC(=O)Cn1nc(-c2ccccc2)ccc1=O)c1ccc(Br)cc1. The van der Waals surface area contributed by atoms with Gasteiger partial charge in [-0.3, -0.25) is 9.59 Å². The molecule has 1 amide bonds. The van der Waals surface area contributed by atoms with Crippen LogP contribution in [0.25, 0.3) is 11.3 Å². The topological polar surface area (TPSA) is 90.3 Å². The van der Waals surface area contributed by atoms with E-state index in [9.17, 15) is 14.4 Å². The van der Waals surface area contributed by atoms with Crippen molar-refractivity contribution in [1.82, 2.24) is 15.1 Å². The molecule has 148 valence electrons. The van der Waals surface area contributed by atoms with Gasteiger partial charge in [0.2, 0.25) is 5.91 Å². The molecule has 0 saturated heterocycles. The molecule has 29 heavy (non-hydrogen) atoms. The third-order valence-corrected chi connectivity index (χ3v) is 4.70. The van der Waals surface area contributed by atoms with Gasteiger partial charge in [-0.2, -0.15) is 5.10 Å². The molecule has 3 rings (SSSR count). The molecule has 0 fully saturated rings. The Kier molecular flexibility index (Phi) is 6.56. The van der Waals surface area contributed by atoms with Crippen molar-refractivity contribution >= 4 is 27.8 Å². The Balaban J connectivity index is 1.80. The number of hydrogen-bond acceptors (Lipinski definition) is 5. The molecule has 7 nitrogen and oxygen atoms in total. The fourth-order valence-corrected chi connectivity index (χ4v) is 2.98. The first-order valence-electron chi connectivity index (χ1n) is 8.74. The summed E-state index contributed by atoms with van der Waals surface area (Å²) in [6, 6.07) is 18.2. The number of nitrogens with zero attached hydrogens (tertiary/aromatic N) is 2. The molecule has 1 N–H and O–H groups in total. The van der Waals surface area contributed by atoms with Gasteiger partial charge in [0.1, 0.15) is 6.54 Å². The van der Waals surface area contributed by atoms with Gasteiger partial charge >= 0.3 is 5.97 Å². The zero-order chi connectivity index (χ0) is 20.8. The molecular formula is C21H18BrN3O4. The predicted octanol–water partition coefficient (Wildman–Crippen LogP) is 2.70. The molecule has 0 bridgehead atoms. The van der Waals surface area contributed by atoms with Gasteiger partial charge in [0.05, 0.1) is 12.8 Å². The minimum atomic E-state index is -0.992. The van der Waals surface area contributed by atoms with E-state index in [2.05, 4.69) is 26.3 Å². The Morgan fingerprint density at radius 2 is 1.76 bits per heavy atom. The summed E-state index contributed by atoms with van der Waals surface area (Å²) in [6.07, 6.45) is 0. The van der Waals surface area contributed by atoms with E-state index in [-0.39, 0.29) is 6.54 Å². The van der Waals surface area contributed by atoms with Crippen molar-refractivity contribution in [3.05, 3.63) is 87.1 Å². The van der Waals surface area contributed by atoms with Crippen LogP contribution < -0.4 is 10.9 Å². The van der Waals surface area contributed by atoms with Crippen molar-refractivity contribution in [2.45, 2.75) is 12.6 Å². The molecule has 0 aliphatic carbocycles. The van der Waals surface area contributed by atoms with Crippen molar-refractivity contribution in [3.63, 3.8) is 0 Å². The third-order valence-electron chi connectivity index (χ3n) is 4.18. The smallest absolute Gasteiger partial charge is 0.333 e. The molecule has 1 heterocycles. The fourth-order valence-electron chi connectivity index (χ4n) is 2.72. The van der Waals surface area contributed by atoms with Gasteiger partial charge in [0.15, 0.2) is 6.04 Å². The van der Waals surface area contributed by atoms with Crippen LogP contribution in [0.1, 0.15) is 11.6 Å². The lowest BCUT2D eigenvalue weighted by Gasteiger charge is -2.17. The first-order chi connectivity index (χ1) is 14.0. The average molecular weight is 456 g/mol. The molecule has 0 spiro atoms. The van der Waals surface area contributed by atoms with Crippen LogP contribution in [0, 0.1) is 0 Å². The number of nitrogens with one attached hydrogen (secondary N) is 1. The molecule has 0 aliphatic rings. The van der Waals surface area contributed by atoms with Gasteiger partial charge in [-0.25, -0.2) is 9.48 Å². The predicted molar refractivity (Wildman–Crippen MR) is 111 cm³/mol. The summed E-state index contributed by atoms with van der Waals surface area (Å²) in [6.45, 7) is -0.330. The molecule has 0 saturated carbocycles. The summed E-state index contributed by atoms with van der Waals surface area (Å²) < 4.78 is 6.70. The molecule has 2 aromatic carbocycles. The number of esters is 1. The number of halogens is 1. The van der Waals surface area contributed by atoms with Crippen LogP contribution in [0.3, 0.4) is 0 Å². The maximum atomic E-state index is 12.6. The van der Waals surface area contributed by atoms with E-state index in [4.69, 9.17) is 4.74 Å². The van der Waals surface area contributed by atoms with E-state index in [1.165, 1.54) is 13.2 Å². The van der Waals surface area contributed by atoms with Crippen molar-refractivity contribution in [2.75, 3.05) is 7.11 Å². The van der Waals surface area contributed by atoms with Crippen LogP contribution in [-0.4, -0.2) is 28.8 Å². The Hall–Kier alpha value is -3.26. The first kappa shape index (κ1) is 20.5. The molecule has 8 heteroatoms.